The lowest BCUT2D eigenvalue weighted by molar-refractivity contribution is 0.398. The molecule has 24 heavy (non-hydrogen) atoms. The summed E-state index contributed by atoms with van der Waals surface area (Å²) in [6, 6.07) is 8.19. The Morgan fingerprint density at radius 2 is 2.17 bits per heavy atom. The van der Waals surface area contributed by atoms with Crippen LogP contribution in [0.25, 0.3) is 11.1 Å². The predicted molar refractivity (Wildman–Crippen MR) is 102 cm³/mol. The molecule has 1 aliphatic rings. The van der Waals surface area contributed by atoms with Crippen LogP contribution in [-0.2, 0) is 12.8 Å². The first kappa shape index (κ1) is 16.4. The first-order chi connectivity index (χ1) is 11.6. The third-order valence-electron chi connectivity index (χ3n) is 4.05. The van der Waals surface area contributed by atoms with Crippen molar-refractivity contribution in [1.29, 1.82) is 0 Å². The van der Waals surface area contributed by atoms with Gasteiger partial charge in [-0.15, -0.1) is 0 Å². The molecule has 1 heterocycles. The maximum Gasteiger partial charge on any atom is 0.213 e. The number of thiocarbonyl (C=S) groups is 1. The number of rotatable bonds is 3. The Labute approximate surface area is 147 Å². The van der Waals surface area contributed by atoms with Gasteiger partial charge < -0.3 is 15.8 Å². The molecule has 0 amide bonds. The first-order valence-corrected chi connectivity index (χ1v) is 8.26. The summed E-state index contributed by atoms with van der Waals surface area (Å²) in [6.45, 7) is 1.72. The van der Waals surface area contributed by atoms with Crippen molar-refractivity contribution in [3.63, 3.8) is 0 Å². The number of nitrogens with one attached hydrogen (secondary N) is 1. The molecule has 2 aromatic rings. The molecule has 0 radical (unpaired) electrons. The average molecular weight is 340 g/mol. The highest BCUT2D eigenvalue weighted by Gasteiger charge is 2.19. The second kappa shape index (κ2) is 6.97. The third-order valence-corrected chi connectivity index (χ3v) is 4.24. The minimum atomic E-state index is 0.373. The number of anilines is 1. The third kappa shape index (κ3) is 3.38. The number of ether oxygens (including phenoxy) is 1. The van der Waals surface area contributed by atoms with E-state index >= 15 is 0 Å². The lowest BCUT2D eigenvalue weighted by Gasteiger charge is -2.16. The molecular weight excluding hydrogens is 320 g/mol. The number of methoxy groups -OCH3 is 1. The number of amidine groups is 1. The Kier molecular flexibility index (Phi) is 4.76. The van der Waals surface area contributed by atoms with Crippen LogP contribution in [0.3, 0.4) is 0 Å². The van der Waals surface area contributed by atoms with Gasteiger partial charge in [-0.2, -0.15) is 0 Å². The van der Waals surface area contributed by atoms with E-state index in [9.17, 15) is 0 Å². The summed E-state index contributed by atoms with van der Waals surface area (Å²) in [6.07, 6.45) is 5.02. The number of aromatic nitrogens is 1. The van der Waals surface area contributed by atoms with Crippen molar-refractivity contribution in [3.8, 4) is 17.0 Å². The fourth-order valence-electron chi connectivity index (χ4n) is 3.03. The SMILES string of the molecule is COc1cc(-c2ccc3c(c2NC(=S)N=C(C)N)CCC3)ccn1. The summed E-state index contributed by atoms with van der Waals surface area (Å²) in [5.41, 5.74) is 11.4. The van der Waals surface area contributed by atoms with Crippen molar-refractivity contribution in [2.75, 3.05) is 12.4 Å². The van der Waals surface area contributed by atoms with E-state index in [-0.39, 0.29) is 0 Å². The topological polar surface area (TPSA) is 72.5 Å². The molecule has 1 aliphatic carbocycles. The normalized spacial score (nSPS) is 13.5. The molecule has 3 N–H and O–H groups in total. The van der Waals surface area contributed by atoms with Crippen molar-refractivity contribution in [3.05, 3.63) is 41.6 Å². The number of benzene rings is 1. The zero-order chi connectivity index (χ0) is 17.1. The maximum absolute atomic E-state index is 5.64. The van der Waals surface area contributed by atoms with E-state index in [1.165, 1.54) is 11.1 Å². The van der Waals surface area contributed by atoms with E-state index in [1.54, 1.807) is 20.2 Å². The van der Waals surface area contributed by atoms with Crippen LogP contribution in [0.4, 0.5) is 5.69 Å². The summed E-state index contributed by atoms with van der Waals surface area (Å²) in [5.74, 6) is 1.02. The molecule has 1 aromatic heterocycles. The molecule has 0 atom stereocenters. The molecule has 124 valence electrons. The van der Waals surface area contributed by atoms with Gasteiger partial charge in [0.15, 0.2) is 5.11 Å². The van der Waals surface area contributed by atoms with Crippen LogP contribution in [0.5, 0.6) is 5.88 Å². The minimum Gasteiger partial charge on any atom is -0.481 e. The first-order valence-electron chi connectivity index (χ1n) is 7.85. The lowest BCUT2D eigenvalue weighted by atomic mass is 9.98. The molecule has 6 heteroatoms. The Bertz CT molecular complexity index is 813. The van der Waals surface area contributed by atoms with Crippen LogP contribution in [0.2, 0.25) is 0 Å². The van der Waals surface area contributed by atoms with E-state index in [0.717, 1.165) is 36.1 Å². The van der Waals surface area contributed by atoms with Crippen LogP contribution in [0.15, 0.2) is 35.5 Å². The van der Waals surface area contributed by atoms with Crippen molar-refractivity contribution < 1.29 is 4.74 Å². The van der Waals surface area contributed by atoms with Crippen molar-refractivity contribution in [2.45, 2.75) is 26.2 Å². The number of pyridine rings is 1. The van der Waals surface area contributed by atoms with Crippen molar-refractivity contribution in [2.24, 2.45) is 10.7 Å². The Morgan fingerprint density at radius 3 is 2.92 bits per heavy atom. The molecule has 0 bridgehead atoms. The average Bonchev–Trinajstić information content (AvgIpc) is 3.03. The van der Waals surface area contributed by atoms with E-state index in [2.05, 4.69) is 27.4 Å². The van der Waals surface area contributed by atoms with Crippen LogP contribution in [0, 0.1) is 0 Å². The molecule has 0 unspecified atom stereocenters. The Hall–Kier alpha value is -2.47. The van der Waals surface area contributed by atoms with Gasteiger partial charge in [0.1, 0.15) is 0 Å². The number of aliphatic imine (C=N–C) groups is 1. The molecule has 0 spiro atoms. The number of nitrogens with two attached hydrogens (primary N) is 1. The van der Waals surface area contributed by atoms with Crippen LogP contribution in [-0.4, -0.2) is 23.0 Å². The quantitative estimate of drug-likeness (QED) is 0.509. The highest BCUT2D eigenvalue weighted by molar-refractivity contribution is 7.80. The summed E-state index contributed by atoms with van der Waals surface area (Å²) in [7, 11) is 1.61. The number of fused-ring (bicyclic) bond motifs is 1. The van der Waals surface area contributed by atoms with E-state index in [0.29, 0.717) is 16.8 Å². The molecule has 0 aliphatic heterocycles. The Balaban J connectivity index is 2.09. The van der Waals surface area contributed by atoms with Crippen LogP contribution < -0.4 is 15.8 Å². The summed E-state index contributed by atoms with van der Waals surface area (Å²) >= 11 is 5.33. The standard InChI is InChI=1S/C18H20N4OS/c1-11(19)21-18(24)22-17-14-5-3-4-12(14)6-7-15(17)13-8-9-20-16(10-13)23-2/h6-10H,3-5H2,1-2H3,(H3,19,21,22,24). The van der Waals surface area contributed by atoms with Gasteiger partial charge in [0.2, 0.25) is 5.88 Å². The maximum atomic E-state index is 5.64. The number of hydrogen-bond donors (Lipinski definition) is 2. The van der Waals surface area contributed by atoms with Gasteiger partial charge in [-0.25, -0.2) is 9.98 Å². The minimum absolute atomic E-state index is 0.373. The largest absolute Gasteiger partial charge is 0.481 e. The molecule has 0 saturated heterocycles. The summed E-state index contributed by atoms with van der Waals surface area (Å²) < 4.78 is 5.25. The Morgan fingerprint density at radius 1 is 1.33 bits per heavy atom. The molecular formula is C18H20N4OS. The highest BCUT2D eigenvalue weighted by atomic mass is 32.1. The zero-order valence-electron chi connectivity index (χ0n) is 13.8. The van der Waals surface area contributed by atoms with Gasteiger partial charge >= 0.3 is 0 Å². The summed E-state index contributed by atoms with van der Waals surface area (Å²) in [5, 5.41) is 3.65. The fourth-order valence-corrected chi connectivity index (χ4v) is 3.28. The van der Waals surface area contributed by atoms with Crippen LogP contribution in [0.1, 0.15) is 24.5 Å². The summed E-state index contributed by atoms with van der Waals surface area (Å²) in [4.78, 5) is 8.32. The van der Waals surface area contributed by atoms with Gasteiger partial charge in [0, 0.05) is 17.8 Å². The number of aryl methyl sites for hydroxylation is 1. The second-order valence-corrected chi connectivity index (χ2v) is 6.14. The number of hydrogen-bond acceptors (Lipinski definition) is 3. The van der Waals surface area contributed by atoms with E-state index in [1.807, 2.05) is 12.1 Å². The van der Waals surface area contributed by atoms with Gasteiger partial charge in [0.05, 0.1) is 18.6 Å². The van der Waals surface area contributed by atoms with E-state index < -0.39 is 0 Å². The molecule has 5 nitrogen and oxygen atoms in total. The van der Waals surface area contributed by atoms with E-state index in [4.69, 9.17) is 22.7 Å². The molecule has 0 fully saturated rings. The lowest BCUT2D eigenvalue weighted by Crippen LogP contribution is -2.15. The fraction of sp³-hybridized carbons (Fsp3) is 0.278. The van der Waals surface area contributed by atoms with Gasteiger partial charge in [-0.05, 0) is 61.2 Å². The molecule has 0 saturated carbocycles. The monoisotopic (exact) mass is 340 g/mol. The second-order valence-electron chi connectivity index (χ2n) is 5.75. The van der Waals surface area contributed by atoms with Crippen LogP contribution >= 0.6 is 12.2 Å². The smallest absolute Gasteiger partial charge is 0.213 e. The molecule has 1 aromatic carbocycles. The highest BCUT2D eigenvalue weighted by Crippen LogP contribution is 2.38. The van der Waals surface area contributed by atoms with Gasteiger partial charge in [-0.3, -0.25) is 0 Å². The number of nitrogens with zero attached hydrogens (tertiary/aromatic N) is 2. The van der Waals surface area contributed by atoms with Gasteiger partial charge in [-0.1, -0.05) is 12.1 Å². The van der Waals surface area contributed by atoms with Crippen molar-refractivity contribution >= 4 is 28.9 Å². The zero-order valence-corrected chi connectivity index (χ0v) is 14.6. The molecule has 3 rings (SSSR count). The predicted octanol–water partition coefficient (Wildman–Crippen LogP) is 3.32. The van der Waals surface area contributed by atoms with Gasteiger partial charge in [0.25, 0.3) is 0 Å². The van der Waals surface area contributed by atoms with Crippen molar-refractivity contribution in [1.82, 2.24) is 4.98 Å².